The summed E-state index contributed by atoms with van der Waals surface area (Å²) >= 11 is 0. The summed E-state index contributed by atoms with van der Waals surface area (Å²) in [4.78, 5) is 0. The van der Waals surface area contributed by atoms with Crippen LogP contribution >= 0.6 is 0 Å². The second kappa shape index (κ2) is 1.87. The largest absolute Gasteiger partial charge is 0.0614 e. The molecule has 1 aromatic rings. The van der Waals surface area contributed by atoms with Crippen LogP contribution in [0.15, 0.2) is 24.3 Å². The topological polar surface area (TPSA) is 0 Å². The van der Waals surface area contributed by atoms with Crippen molar-refractivity contribution in [3.05, 3.63) is 35.9 Å². The summed E-state index contributed by atoms with van der Waals surface area (Å²) in [6, 6.07) is 11.4. The van der Waals surface area contributed by atoms with Crippen molar-refractivity contribution in [1.82, 2.24) is 0 Å². The van der Waals surface area contributed by atoms with Crippen molar-refractivity contribution in [2.24, 2.45) is 0 Å². The molecule has 0 bridgehead atoms. The summed E-state index contributed by atoms with van der Waals surface area (Å²) in [5, 5.41) is 0. The van der Waals surface area contributed by atoms with Gasteiger partial charge in [0.25, 0.3) is 0 Å². The number of rotatable bonds is 1. The maximum Gasteiger partial charge on any atom is -0.0161 e. The van der Waals surface area contributed by atoms with Gasteiger partial charge in [0.05, 0.1) is 0 Å². The van der Waals surface area contributed by atoms with Crippen LogP contribution in [0.25, 0.3) is 0 Å². The highest BCUT2D eigenvalue weighted by molar-refractivity contribution is 5.22. The van der Waals surface area contributed by atoms with Crippen molar-refractivity contribution in [3.63, 3.8) is 0 Å². The Bertz CT molecular complexity index is 184. The van der Waals surface area contributed by atoms with E-state index in [1.54, 1.807) is 0 Å². The normalized spacial score (nSPS) is 17.8. The maximum atomic E-state index is 3.08. The third-order valence-corrected chi connectivity index (χ3v) is 1.78. The highest BCUT2D eigenvalue weighted by Crippen LogP contribution is 2.39. The fourth-order valence-electron chi connectivity index (χ4n) is 1.08. The van der Waals surface area contributed by atoms with E-state index in [0.717, 1.165) is 5.92 Å². The minimum Gasteiger partial charge on any atom is -0.0614 e. The third kappa shape index (κ3) is 0.973. The molecule has 0 unspecified atom stereocenters. The van der Waals surface area contributed by atoms with E-state index in [1.165, 1.54) is 18.4 Å². The molecular weight excluding hydrogens is 108 g/mol. The van der Waals surface area contributed by atoms with Gasteiger partial charge in [0.2, 0.25) is 0 Å². The Balaban J connectivity index is 2.29. The smallest absolute Gasteiger partial charge is 0.0161 e. The first-order valence-electron chi connectivity index (χ1n) is 3.43. The minimum atomic E-state index is 0.877. The van der Waals surface area contributed by atoms with Crippen LogP contribution in [-0.2, 0) is 0 Å². The second-order valence-electron chi connectivity index (χ2n) is 2.61. The lowest BCUT2D eigenvalue weighted by Crippen LogP contribution is -1.74. The minimum absolute atomic E-state index is 0.877. The fraction of sp³-hybridized carbons (Fsp3) is 0.333. The van der Waals surface area contributed by atoms with E-state index in [1.807, 2.05) is 6.07 Å². The lowest BCUT2D eigenvalue weighted by molar-refractivity contribution is 1.13. The van der Waals surface area contributed by atoms with E-state index in [4.69, 9.17) is 0 Å². The van der Waals surface area contributed by atoms with Gasteiger partial charge in [0.1, 0.15) is 0 Å². The first-order chi connectivity index (χ1) is 4.47. The van der Waals surface area contributed by atoms with Crippen LogP contribution in [0.4, 0.5) is 0 Å². The van der Waals surface area contributed by atoms with Crippen LogP contribution in [0.3, 0.4) is 0 Å². The molecule has 1 saturated carbocycles. The van der Waals surface area contributed by atoms with Crippen LogP contribution in [-0.4, -0.2) is 0 Å². The molecule has 1 fully saturated rings. The molecule has 0 heteroatoms. The highest BCUT2D eigenvalue weighted by Gasteiger charge is 2.22. The van der Waals surface area contributed by atoms with Gasteiger partial charge < -0.3 is 0 Å². The molecule has 0 heterocycles. The molecule has 0 aromatic heterocycles. The van der Waals surface area contributed by atoms with Crippen LogP contribution in [0.2, 0.25) is 0 Å². The fourth-order valence-corrected chi connectivity index (χ4v) is 1.08. The molecule has 9 heavy (non-hydrogen) atoms. The first kappa shape index (κ1) is 5.04. The molecule has 0 nitrogen and oxygen atoms in total. The molecule has 0 aliphatic heterocycles. The zero-order valence-electron chi connectivity index (χ0n) is 5.30. The summed E-state index contributed by atoms with van der Waals surface area (Å²) in [6.45, 7) is 0. The van der Waals surface area contributed by atoms with Crippen molar-refractivity contribution in [2.75, 3.05) is 0 Å². The Morgan fingerprint density at radius 1 is 1.44 bits per heavy atom. The van der Waals surface area contributed by atoms with E-state index in [0.29, 0.717) is 0 Å². The molecule has 0 spiro atoms. The van der Waals surface area contributed by atoms with Gasteiger partial charge in [-0.15, -0.1) is 0 Å². The van der Waals surface area contributed by atoms with Crippen molar-refractivity contribution in [2.45, 2.75) is 18.8 Å². The average molecular weight is 117 g/mol. The molecule has 0 atom stereocenters. The lowest BCUT2D eigenvalue weighted by atomic mass is 10.1. The summed E-state index contributed by atoms with van der Waals surface area (Å²) in [5.74, 6) is 0.877. The summed E-state index contributed by atoms with van der Waals surface area (Å²) in [6.07, 6.45) is 2.77. The number of hydrogen-bond donors (Lipinski definition) is 0. The standard InChI is InChI=1S/C9H9/c1-2-4-8(5-3-1)9-6-7-9/h1-2,4-5,9H,6-7H2. The van der Waals surface area contributed by atoms with E-state index >= 15 is 0 Å². The third-order valence-electron chi connectivity index (χ3n) is 1.78. The molecule has 1 aliphatic rings. The van der Waals surface area contributed by atoms with Crippen molar-refractivity contribution < 1.29 is 0 Å². The van der Waals surface area contributed by atoms with Crippen molar-refractivity contribution >= 4 is 0 Å². The molecule has 0 N–H and O–H groups in total. The number of benzene rings is 1. The molecule has 2 rings (SSSR count). The predicted octanol–water partition coefficient (Wildman–Crippen LogP) is 2.36. The Labute approximate surface area is 55.5 Å². The van der Waals surface area contributed by atoms with Crippen molar-refractivity contribution in [1.29, 1.82) is 0 Å². The average Bonchev–Trinajstić information content (AvgIpc) is 2.71. The van der Waals surface area contributed by atoms with Crippen LogP contribution in [0, 0.1) is 6.07 Å². The Kier molecular flexibility index (Phi) is 1.05. The van der Waals surface area contributed by atoms with E-state index in [-0.39, 0.29) is 0 Å². The quantitative estimate of drug-likeness (QED) is 0.529. The molecular formula is C9H9. The van der Waals surface area contributed by atoms with Gasteiger partial charge in [-0.3, -0.25) is 0 Å². The van der Waals surface area contributed by atoms with E-state index < -0.39 is 0 Å². The second-order valence-corrected chi connectivity index (χ2v) is 2.61. The Morgan fingerprint density at radius 2 is 2.33 bits per heavy atom. The predicted molar refractivity (Wildman–Crippen MR) is 37.3 cm³/mol. The Morgan fingerprint density at radius 3 is 2.89 bits per heavy atom. The molecule has 1 aliphatic carbocycles. The molecule has 0 amide bonds. The first-order valence-corrected chi connectivity index (χ1v) is 3.43. The highest BCUT2D eigenvalue weighted by atomic mass is 14.3. The van der Waals surface area contributed by atoms with Gasteiger partial charge >= 0.3 is 0 Å². The molecule has 1 radical (unpaired) electrons. The van der Waals surface area contributed by atoms with Gasteiger partial charge in [0.15, 0.2) is 0 Å². The van der Waals surface area contributed by atoms with Crippen LogP contribution in [0.5, 0.6) is 0 Å². The molecule has 1 aromatic carbocycles. The SMILES string of the molecule is [c]1cccc(C2CC2)c1. The van der Waals surface area contributed by atoms with E-state index in [9.17, 15) is 0 Å². The zero-order valence-corrected chi connectivity index (χ0v) is 5.30. The number of hydrogen-bond acceptors (Lipinski definition) is 0. The van der Waals surface area contributed by atoms with E-state index in [2.05, 4.69) is 24.3 Å². The lowest BCUT2D eigenvalue weighted by Gasteiger charge is -1.91. The van der Waals surface area contributed by atoms with Gasteiger partial charge in [-0.25, -0.2) is 0 Å². The monoisotopic (exact) mass is 117 g/mol. The summed E-state index contributed by atoms with van der Waals surface area (Å²) in [7, 11) is 0. The van der Waals surface area contributed by atoms with Crippen LogP contribution in [0.1, 0.15) is 24.3 Å². The Hall–Kier alpha value is -0.780. The van der Waals surface area contributed by atoms with Gasteiger partial charge in [-0.05, 0) is 30.4 Å². The van der Waals surface area contributed by atoms with Crippen molar-refractivity contribution in [3.8, 4) is 0 Å². The summed E-state index contributed by atoms with van der Waals surface area (Å²) < 4.78 is 0. The maximum absolute atomic E-state index is 3.08. The van der Waals surface area contributed by atoms with Crippen LogP contribution < -0.4 is 0 Å². The van der Waals surface area contributed by atoms with Gasteiger partial charge in [-0.1, -0.05) is 24.3 Å². The molecule has 0 saturated heterocycles. The van der Waals surface area contributed by atoms with Gasteiger partial charge in [-0.2, -0.15) is 0 Å². The molecule has 45 valence electrons. The summed E-state index contributed by atoms with van der Waals surface area (Å²) in [5.41, 5.74) is 1.47. The zero-order chi connectivity index (χ0) is 6.10. The van der Waals surface area contributed by atoms with Gasteiger partial charge in [0, 0.05) is 0 Å².